The Hall–Kier alpha value is -3.89. The van der Waals surface area contributed by atoms with Gasteiger partial charge < -0.3 is 20.3 Å². The second kappa shape index (κ2) is 11.0. The highest BCUT2D eigenvalue weighted by Crippen LogP contribution is 2.30. The quantitative estimate of drug-likeness (QED) is 0.353. The van der Waals surface area contributed by atoms with E-state index in [1.165, 1.54) is 6.92 Å². The number of amides is 1. The van der Waals surface area contributed by atoms with Crippen LogP contribution in [0.4, 0.5) is 18.9 Å². The summed E-state index contributed by atoms with van der Waals surface area (Å²) in [6, 6.07) is 12.4. The van der Waals surface area contributed by atoms with E-state index < -0.39 is 30.0 Å². The average Bonchev–Trinajstić information content (AvgIpc) is 3.33. The number of alkyl halides is 3. The van der Waals surface area contributed by atoms with Gasteiger partial charge in [0.25, 0.3) is 5.91 Å². The zero-order chi connectivity index (χ0) is 25.6. The summed E-state index contributed by atoms with van der Waals surface area (Å²) in [4.78, 5) is 26.5. The van der Waals surface area contributed by atoms with Gasteiger partial charge in [0, 0.05) is 16.8 Å². The average molecular weight is 490 g/mol. The monoisotopic (exact) mass is 490 g/mol. The van der Waals surface area contributed by atoms with Crippen LogP contribution in [0.15, 0.2) is 53.1 Å². The Bertz CT molecular complexity index is 1140. The summed E-state index contributed by atoms with van der Waals surface area (Å²) in [6.07, 6.45) is -1.99. The first-order chi connectivity index (χ1) is 16.6. The number of aliphatic carboxylic acids is 1. The summed E-state index contributed by atoms with van der Waals surface area (Å²) in [5, 5.41) is 18.2. The molecule has 1 unspecified atom stereocenters. The standard InChI is InChI=1S/C24H25F3N4O4/c1-3-4-5-19(29-18-12-10-17(11-13-18)21(32)28-14(2)22(33)34)15-6-8-16(9-7-15)20-30-23(35-31-20)24(25,26)27/h6-14,19,29H,3-5H2,1-2H3,(H,28,32)(H,33,34)/t14-,19?/m1/s1. The highest BCUT2D eigenvalue weighted by molar-refractivity contribution is 5.96. The molecule has 3 rings (SSSR count). The number of benzene rings is 2. The van der Waals surface area contributed by atoms with Crippen LogP contribution in [0.5, 0.6) is 0 Å². The number of carboxylic acid groups (broad SMARTS) is 1. The lowest BCUT2D eigenvalue weighted by Crippen LogP contribution is -2.38. The second-order valence-corrected chi connectivity index (χ2v) is 7.99. The molecule has 8 nitrogen and oxygen atoms in total. The molecule has 1 amide bonds. The summed E-state index contributed by atoms with van der Waals surface area (Å²) in [5.74, 6) is -3.15. The van der Waals surface area contributed by atoms with Gasteiger partial charge in [-0.2, -0.15) is 18.2 Å². The van der Waals surface area contributed by atoms with Crippen LogP contribution in [0.2, 0.25) is 0 Å². The van der Waals surface area contributed by atoms with Gasteiger partial charge >= 0.3 is 18.0 Å². The first-order valence-corrected chi connectivity index (χ1v) is 11.0. The zero-order valence-corrected chi connectivity index (χ0v) is 19.1. The molecule has 0 aliphatic rings. The summed E-state index contributed by atoms with van der Waals surface area (Å²) < 4.78 is 42.5. The van der Waals surface area contributed by atoms with Crippen LogP contribution in [0.25, 0.3) is 11.4 Å². The molecule has 0 spiro atoms. The minimum atomic E-state index is -4.70. The van der Waals surface area contributed by atoms with Gasteiger partial charge in [-0.25, -0.2) is 0 Å². The van der Waals surface area contributed by atoms with Crippen LogP contribution in [0, 0.1) is 0 Å². The minimum Gasteiger partial charge on any atom is -0.480 e. The van der Waals surface area contributed by atoms with Crippen molar-refractivity contribution in [2.45, 2.75) is 51.4 Å². The van der Waals surface area contributed by atoms with E-state index in [2.05, 4.69) is 32.2 Å². The van der Waals surface area contributed by atoms with Gasteiger partial charge in [-0.1, -0.05) is 49.2 Å². The Kier molecular flexibility index (Phi) is 8.10. The molecule has 0 aliphatic carbocycles. The molecule has 11 heteroatoms. The molecule has 0 radical (unpaired) electrons. The number of carbonyl (C=O) groups is 2. The fourth-order valence-corrected chi connectivity index (χ4v) is 3.31. The third kappa shape index (κ3) is 6.81. The van der Waals surface area contributed by atoms with Gasteiger partial charge in [-0.05, 0) is 43.2 Å². The number of unbranched alkanes of at least 4 members (excludes halogenated alkanes) is 1. The molecular weight excluding hydrogens is 465 g/mol. The number of hydrogen-bond donors (Lipinski definition) is 3. The molecule has 2 atom stereocenters. The van der Waals surface area contributed by atoms with Gasteiger partial charge in [-0.3, -0.25) is 9.59 Å². The van der Waals surface area contributed by atoms with E-state index in [1.54, 1.807) is 48.5 Å². The van der Waals surface area contributed by atoms with E-state index in [0.29, 0.717) is 11.1 Å². The molecule has 0 bridgehead atoms. The molecule has 1 aromatic heterocycles. The van der Waals surface area contributed by atoms with Crippen molar-refractivity contribution < 1.29 is 32.4 Å². The van der Waals surface area contributed by atoms with Crippen LogP contribution in [0.1, 0.15) is 61.0 Å². The Labute approximate surface area is 199 Å². The fourth-order valence-electron chi connectivity index (χ4n) is 3.31. The largest absolute Gasteiger partial charge is 0.480 e. The molecule has 3 aromatic rings. The first kappa shape index (κ1) is 25.7. The maximum absolute atomic E-state index is 12.7. The third-order valence-corrected chi connectivity index (χ3v) is 5.29. The lowest BCUT2D eigenvalue weighted by atomic mass is 9.99. The van der Waals surface area contributed by atoms with Crippen molar-refractivity contribution in [2.75, 3.05) is 5.32 Å². The molecule has 0 saturated carbocycles. The molecule has 0 saturated heterocycles. The maximum Gasteiger partial charge on any atom is 0.471 e. The fraction of sp³-hybridized carbons (Fsp3) is 0.333. The zero-order valence-electron chi connectivity index (χ0n) is 19.1. The lowest BCUT2D eigenvalue weighted by molar-refractivity contribution is -0.159. The minimum absolute atomic E-state index is 0.0910. The summed E-state index contributed by atoms with van der Waals surface area (Å²) in [5.41, 5.74) is 2.40. The number of aromatic nitrogens is 2. The van der Waals surface area contributed by atoms with Gasteiger partial charge in [-0.15, -0.1) is 0 Å². The van der Waals surface area contributed by atoms with E-state index in [9.17, 15) is 22.8 Å². The molecule has 35 heavy (non-hydrogen) atoms. The molecule has 1 heterocycles. The number of anilines is 1. The Morgan fingerprint density at radius 1 is 1.09 bits per heavy atom. The van der Waals surface area contributed by atoms with Crippen LogP contribution in [-0.2, 0) is 11.0 Å². The van der Waals surface area contributed by atoms with Crippen molar-refractivity contribution in [3.63, 3.8) is 0 Å². The summed E-state index contributed by atoms with van der Waals surface area (Å²) >= 11 is 0. The summed E-state index contributed by atoms with van der Waals surface area (Å²) in [7, 11) is 0. The van der Waals surface area contributed by atoms with Gasteiger partial charge in [0.15, 0.2) is 0 Å². The number of nitrogens with one attached hydrogen (secondary N) is 2. The highest BCUT2D eigenvalue weighted by atomic mass is 19.4. The van der Waals surface area contributed by atoms with Crippen LogP contribution in [0.3, 0.4) is 0 Å². The van der Waals surface area contributed by atoms with E-state index in [4.69, 9.17) is 5.11 Å². The van der Waals surface area contributed by atoms with Crippen molar-refractivity contribution in [1.29, 1.82) is 0 Å². The van der Waals surface area contributed by atoms with E-state index >= 15 is 0 Å². The van der Waals surface area contributed by atoms with Gasteiger partial charge in [0.05, 0.1) is 6.04 Å². The van der Waals surface area contributed by atoms with Crippen molar-refractivity contribution in [2.24, 2.45) is 0 Å². The van der Waals surface area contributed by atoms with Gasteiger partial charge in [0.2, 0.25) is 5.82 Å². The third-order valence-electron chi connectivity index (χ3n) is 5.29. The summed E-state index contributed by atoms with van der Waals surface area (Å²) in [6.45, 7) is 3.45. The predicted octanol–water partition coefficient (Wildman–Crippen LogP) is 5.30. The van der Waals surface area contributed by atoms with Gasteiger partial charge in [0.1, 0.15) is 6.04 Å². The number of carboxylic acids is 1. The van der Waals surface area contributed by atoms with Crippen molar-refractivity contribution in [3.05, 3.63) is 65.5 Å². The smallest absolute Gasteiger partial charge is 0.471 e. The van der Waals surface area contributed by atoms with Crippen molar-refractivity contribution >= 4 is 17.6 Å². The van der Waals surface area contributed by atoms with Crippen LogP contribution < -0.4 is 10.6 Å². The molecule has 0 fully saturated rings. The molecule has 0 aliphatic heterocycles. The predicted molar refractivity (Wildman–Crippen MR) is 122 cm³/mol. The van der Waals surface area contributed by atoms with E-state index in [0.717, 1.165) is 30.5 Å². The topological polar surface area (TPSA) is 117 Å². The van der Waals surface area contributed by atoms with Crippen molar-refractivity contribution in [3.8, 4) is 11.4 Å². The lowest BCUT2D eigenvalue weighted by Gasteiger charge is -2.21. The molecule has 3 N–H and O–H groups in total. The molecular formula is C24H25F3N4O4. The molecule has 186 valence electrons. The SMILES string of the molecule is CCCCC(Nc1ccc(C(=O)N[C@H](C)C(=O)O)cc1)c1ccc(-c2noc(C(F)(F)F)n2)cc1. The number of nitrogens with zero attached hydrogens (tertiary/aromatic N) is 2. The molecule has 2 aromatic carbocycles. The second-order valence-electron chi connectivity index (χ2n) is 7.99. The highest BCUT2D eigenvalue weighted by Gasteiger charge is 2.38. The normalized spacial score (nSPS) is 13.2. The number of carbonyl (C=O) groups excluding carboxylic acids is 1. The Balaban J connectivity index is 1.73. The van der Waals surface area contributed by atoms with Crippen LogP contribution >= 0.6 is 0 Å². The van der Waals surface area contributed by atoms with E-state index in [-0.39, 0.29) is 11.9 Å². The Morgan fingerprint density at radius 2 is 1.74 bits per heavy atom. The number of rotatable bonds is 10. The number of hydrogen-bond acceptors (Lipinski definition) is 6. The van der Waals surface area contributed by atoms with E-state index in [1.807, 2.05) is 0 Å². The Morgan fingerprint density at radius 3 is 2.29 bits per heavy atom. The maximum atomic E-state index is 12.7. The van der Waals surface area contributed by atoms with Crippen molar-refractivity contribution in [1.82, 2.24) is 15.5 Å². The van der Waals surface area contributed by atoms with Crippen LogP contribution in [-0.4, -0.2) is 33.2 Å². The first-order valence-electron chi connectivity index (χ1n) is 11.0. The number of halogens is 3.